The maximum absolute atomic E-state index is 13.8. The van der Waals surface area contributed by atoms with Crippen LogP contribution >= 0.6 is 0 Å². The lowest BCUT2D eigenvalue weighted by atomic mass is 9.85. The minimum atomic E-state index is -0.353. The summed E-state index contributed by atoms with van der Waals surface area (Å²) in [7, 11) is 3.66. The largest absolute Gasteiger partial charge is 0.357 e. The van der Waals surface area contributed by atoms with Crippen LogP contribution in [0, 0.1) is 11.7 Å². The van der Waals surface area contributed by atoms with Crippen molar-refractivity contribution in [2.45, 2.75) is 38.6 Å². The summed E-state index contributed by atoms with van der Waals surface area (Å²) >= 11 is 0. The molecule has 1 aromatic rings. The van der Waals surface area contributed by atoms with Gasteiger partial charge in [-0.1, -0.05) is 19.8 Å². The highest BCUT2D eigenvalue weighted by molar-refractivity contribution is 5.44. The van der Waals surface area contributed by atoms with E-state index in [9.17, 15) is 4.39 Å². The number of halogens is 1. The molecule has 0 amide bonds. The van der Waals surface area contributed by atoms with Crippen molar-refractivity contribution in [3.8, 4) is 0 Å². The number of rotatable bonds is 3. The molecule has 5 heteroatoms. The minimum absolute atomic E-state index is 0.353. The molecule has 18 heavy (non-hydrogen) atoms. The van der Waals surface area contributed by atoms with Gasteiger partial charge >= 0.3 is 0 Å². The van der Waals surface area contributed by atoms with Gasteiger partial charge in [0.1, 0.15) is 0 Å². The molecule has 2 atom stereocenters. The molecule has 4 nitrogen and oxygen atoms in total. The fraction of sp³-hybridized carbons (Fsp3) is 0.692. The fourth-order valence-corrected chi connectivity index (χ4v) is 2.76. The van der Waals surface area contributed by atoms with E-state index < -0.39 is 0 Å². The standard InChI is InChI=1S/C13H21FN4/c1-9-6-4-5-7-11(9)18(3)12-10(14)8-16-13(15-2)17-12/h8-9,11H,4-7H2,1-3H3,(H,15,16,17). The van der Waals surface area contributed by atoms with Crippen molar-refractivity contribution < 1.29 is 4.39 Å². The quantitative estimate of drug-likeness (QED) is 0.898. The first-order valence-electron chi connectivity index (χ1n) is 6.56. The Morgan fingerprint density at radius 1 is 1.39 bits per heavy atom. The molecule has 0 bridgehead atoms. The molecule has 1 N–H and O–H groups in total. The van der Waals surface area contributed by atoms with Crippen LogP contribution in [-0.4, -0.2) is 30.1 Å². The second-order valence-corrected chi connectivity index (χ2v) is 5.06. The molecule has 0 saturated heterocycles. The zero-order valence-corrected chi connectivity index (χ0v) is 11.3. The van der Waals surface area contributed by atoms with Crippen LogP contribution in [0.1, 0.15) is 32.6 Å². The first-order chi connectivity index (χ1) is 8.63. The number of hydrogen-bond acceptors (Lipinski definition) is 4. The van der Waals surface area contributed by atoms with Gasteiger partial charge in [0, 0.05) is 20.1 Å². The summed E-state index contributed by atoms with van der Waals surface area (Å²) in [6.07, 6.45) is 6.04. The highest BCUT2D eigenvalue weighted by atomic mass is 19.1. The Hall–Kier alpha value is -1.39. The van der Waals surface area contributed by atoms with Crippen molar-refractivity contribution in [1.29, 1.82) is 0 Å². The number of nitrogens with zero attached hydrogens (tertiary/aromatic N) is 3. The molecule has 1 aromatic heterocycles. The van der Waals surface area contributed by atoms with Crippen LogP contribution in [0.3, 0.4) is 0 Å². The third kappa shape index (κ3) is 2.54. The van der Waals surface area contributed by atoms with Gasteiger partial charge in [-0.15, -0.1) is 0 Å². The normalized spacial score (nSPS) is 23.8. The molecular weight excluding hydrogens is 231 g/mol. The summed E-state index contributed by atoms with van der Waals surface area (Å²) < 4.78 is 13.8. The van der Waals surface area contributed by atoms with Crippen LogP contribution in [0.4, 0.5) is 16.2 Å². The summed E-state index contributed by atoms with van der Waals surface area (Å²) in [5, 5.41) is 2.85. The van der Waals surface area contributed by atoms with Crippen LogP contribution in [0.25, 0.3) is 0 Å². The van der Waals surface area contributed by atoms with E-state index in [1.54, 1.807) is 7.05 Å². The van der Waals surface area contributed by atoms with Crippen molar-refractivity contribution in [3.05, 3.63) is 12.0 Å². The monoisotopic (exact) mass is 252 g/mol. The van der Waals surface area contributed by atoms with Gasteiger partial charge in [-0.25, -0.2) is 9.37 Å². The molecule has 1 aliphatic carbocycles. The predicted octanol–water partition coefficient (Wildman–Crippen LogP) is 2.67. The van der Waals surface area contributed by atoms with Crippen LogP contribution in [0.5, 0.6) is 0 Å². The molecule has 1 saturated carbocycles. The molecule has 2 unspecified atom stereocenters. The molecule has 1 aliphatic rings. The van der Waals surface area contributed by atoms with Crippen LogP contribution in [0.2, 0.25) is 0 Å². The molecule has 100 valence electrons. The fourth-order valence-electron chi connectivity index (χ4n) is 2.76. The second kappa shape index (κ2) is 5.50. The Bertz CT molecular complexity index is 410. The van der Waals surface area contributed by atoms with E-state index in [1.807, 2.05) is 11.9 Å². The maximum Gasteiger partial charge on any atom is 0.224 e. The maximum atomic E-state index is 13.8. The van der Waals surface area contributed by atoms with E-state index in [4.69, 9.17) is 0 Å². The first kappa shape index (κ1) is 13.1. The van der Waals surface area contributed by atoms with Gasteiger partial charge in [-0.05, 0) is 18.8 Å². The average Bonchev–Trinajstić information content (AvgIpc) is 2.39. The van der Waals surface area contributed by atoms with Gasteiger partial charge < -0.3 is 10.2 Å². The third-order valence-corrected chi connectivity index (χ3v) is 3.85. The van der Waals surface area contributed by atoms with E-state index >= 15 is 0 Å². The van der Waals surface area contributed by atoms with E-state index in [2.05, 4.69) is 22.2 Å². The highest BCUT2D eigenvalue weighted by Crippen LogP contribution is 2.30. The predicted molar refractivity (Wildman–Crippen MR) is 71.4 cm³/mol. The number of anilines is 2. The Labute approximate surface area is 108 Å². The third-order valence-electron chi connectivity index (χ3n) is 3.85. The van der Waals surface area contributed by atoms with Crippen LogP contribution in [-0.2, 0) is 0 Å². The van der Waals surface area contributed by atoms with E-state index in [0.29, 0.717) is 23.7 Å². The van der Waals surface area contributed by atoms with Crippen molar-refractivity contribution in [2.24, 2.45) is 5.92 Å². The van der Waals surface area contributed by atoms with Gasteiger partial charge in [-0.2, -0.15) is 4.98 Å². The molecule has 0 spiro atoms. The molecule has 0 aliphatic heterocycles. The SMILES string of the molecule is CNc1ncc(F)c(N(C)C2CCCCC2C)n1. The summed E-state index contributed by atoms with van der Waals surface area (Å²) in [6.45, 7) is 2.23. The Balaban J connectivity index is 2.23. The average molecular weight is 252 g/mol. The van der Waals surface area contributed by atoms with Crippen molar-refractivity contribution in [1.82, 2.24) is 9.97 Å². The lowest BCUT2D eigenvalue weighted by Crippen LogP contribution is -2.40. The summed E-state index contributed by atoms with van der Waals surface area (Å²) in [4.78, 5) is 10.1. The topological polar surface area (TPSA) is 41.1 Å². The number of aromatic nitrogens is 2. The van der Waals surface area contributed by atoms with E-state index in [0.717, 1.165) is 6.42 Å². The summed E-state index contributed by atoms with van der Waals surface area (Å²) in [5.41, 5.74) is 0. The van der Waals surface area contributed by atoms with Crippen molar-refractivity contribution >= 4 is 11.8 Å². The van der Waals surface area contributed by atoms with Gasteiger partial charge in [0.25, 0.3) is 0 Å². The summed E-state index contributed by atoms with van der Waals surface area (Å²) in [5.74, 6) is 1.08. The van der Waals surface area contributed by atoms with Gasteiger partial charge in [0.2, 0.25) is 5.95 Å². The Morgan fingerprint density at radius 2 is 2.11 bits per heavy atom. The molecule has 0 aromatic carbocycles. The summed E-state index contributed by atoms with van der Waals surface area (Å²) in [6, 6.07) is 0.368. The highest BCUT2D eigenvalue weighted by Gasteiger charge is 2.27. The molecule has 0 radical (unpaired) electrons. The minimum Gasteiger partial charge on any atom is -0.357 e. The Kier molecular flexibility index (Phi) is 3.99. The molecule has 2 rings (SSSR count). The lowest BCUT2D eigenvalue weighted by Gasteiger charge is -2.37. The van der Waals surface area contributed by atoms with Crippen LogP contribution < -0.4 is 10.2 Å². The first-order valence-corrected chi connectivity index (χ1v) is 6.56. The zero-order valence-electron chi connectivity index (χ0n) is 11.3. The molecule has 1 fully saturated rings. The smallest absolute Gasteiger partial charge is 0.224 e. The van der Waals surface area contributed by atoms with Gasteiger partial charge in [-0.3, -0.25) is 0 Å². The number of nitrogens with one attached hydrogen (secondary N) is 1. The van der Waals surface area contributed by atoms with Crippen molar-refractivity contribution in [2.75, 3.05) is 24.3 Å². The van der Waals surface area contributed by atoms with E-state index in [-0.39, 0.29) is 5.82 Å². The number of hydrogen-bond donors (Lipinski definition) is 1. The van der Waals surface area contributed by atoms with E-state index in [1.165, 1.54) is 25.5 Å². The second-order valence-electron chi connectivity index (χ2n) is 5.06. The zero-order chi connectivity index (χ0) is 13.1. The van der Waals surface area contributed by atoms with Crippen molar-refractivity contribution in [3.63, 3.8) is 0 Å². The van der Waals surface area contributed by atoms with Gasteiger partial charge in [0.05, 0.1) is 6.20 Å². The Morgan fingerprint density at radius 3 is 2.78 bits per heavy atom. The van der Waals surface area contributed by atoms with Crippen LogP contribution in [0.15, 0.2) is 6.20 Å². The molecular formula is C13H21FN4. The van der Waals surface area contributed by atoms with Gasteiger partial charge in [0.15, 0.2) is 11.6 Å². The molecule has 1 heterocycles. The lowest BCUT2D eigenvalue weighted by molar-refractivity contribution is 0.319.